The largest absolute Gasteiger partial charge is 0.464 e. The number of aliphatic hydroxyl groups is 1. The minimum Gasteiger partial charge on any atom is -0.464 e. The van der Waals surface area contributed by atoms with Gasteiger partial charge in [-0.3, -0.25) is 4.79 Å². The number of rotatable bonds is 7. The zero-order chi connectivity index (χ0) is 17.6. The molecule has 25 heavy (non-hydrogen) atoms. The molecule has 0 aliphatic heterocycles. The van der Waals surface area contributed by atoms with Gasteiger partial charge in [0.15, 0.2) is 0 Å². The van der Waals surface area contributed by atoms with Gasteiger partial charge in [0.05, 0.1) is 18.7 Å². The minimum atomic E-state index is -0.0961. The Labute approximate surface area is 147 Å². The Morgan fingerprint density at radius 1 is 1.20 bits per heavy atom. The van der Waals surface area contributed by atoms with Gasteiger partial charge in [-0.05, 0) is 37.0 Å². The molecule has 0 saturated carbocycles. The molecule has 0 saturated heterocycles. The van der Waals surface area contributed by atoms with Crippen molar-refractivity contribution in [2.24, 2.45) is 0 Å². The van der Waals surface area contributed by atoms with Crippen molar-refractivity contribution in [3.05, 3.63) is 71.5 Å². The van der Waals surface area contributed by atoms with E-state index < -0.39 is 0 Å². The number of carbonyl (C=O) groups is 1. The summed E-state index contributed by atoms with van der Waals surface area (Å²) in [4.78, 5) is 12.6. The molecule has 1 aromatic heterocycles. The minimum absolute atomic E-state index is 0.0462. The number of furan rings is 1. The molecular weight excluding hydrogens is 314 g/mol. The van der Waals surface area contributed by atoms with Crippen LogP contribution in [0, 0.1) is 6.92 Å². The molecule has 1 heterocycles. The highest BCUT2D eigenvalue weighted by Crippen LogP contribution is 2.23. The van der Waals surface area contributed by atoms with Crippen LogP contribution in [0.15, 0.2) is 59.2 Å². The maximum Gasteiger partial charge on any atom is 0.225 e. The van der Waals surface area contributed by atoms with Crippen LogP contribution in [0.25, 0.3) is 11.0 Å². The topological polar surface area (TPSA) is 62.5 Å². The maximum atomic E-state index is 12.6. The van der Waals surface area contributed by atoms with E-state index in [9.17, 15) is 4.79 Å². The number of carbonyl (C=O) groups excluding carboxylic acids is 1. The number of aryl methyl sites for hydroxylation is 1. The van der Waals surface area contributed by atoms with Crippen LogP contribution >= 0.6 is 0 Å². The summed E-state index contributed by atoms with van der Waals surface area (Å²) in [6, 6.07) is 15.8. The third-order valence-electron chi connectivity index (χ3n) is 4.35. The molecule has 2 N–H and O–H groups in total. The Morgan fingerprint density at radius 3 is 2.76 bits per heavy atom. The van der Waals surface area contributed by atoms with Crippen LogP contribution < -0.4 is 5.32 Å². The van der Waals surface area contributed by atoms with Gasteiger partial charge in [0.2, 0.25) is 5.91 Å². The smallest absolute Gasteiger partial charge is 0.225 e. The molecule has 0 bridgehead atoms. The zero-order valence-electron chi connectivity index (χ0n) is 14.4. The fraction of sp³-hybridized carbons (Fsp3) is 0.286. The van der Waals surface area contributed by atoms with E-state index in [0.29, 0.717) is 12.8 Å². The monoisotopic (exact) mass is 337 g/mol. The Bertz CT molecular complexity index is 839. The highest BCUT2D eigenvalue weighted by molar-refractivity contribution is 5.88. The van der Waals surface area contributed by atoms with E-state index in [1.165, 1.54) is 0 Å². The SMILES string of the molecule is Cc1ccc2c(CC(=O)NC(CCCO)c3ccccc3)coc2c1. The summed E-state index contributed by atoms with van der Waals surface area (Å²) in [6.45, 7) is 2.13. The van der Waals surface area contributed by atoms with Crippen molar-refractivity contribution in [1.82, 2.24) is 5.32 Å². The van der Waals surface area contributed by atoms with Gasteiger partial charge in [0.25, 0.3) is 0 Å². The lowest BCUT2D eigenvalue weighted by Crippen LogP contribution is -2.30. The van der Waals surface area contributed by atoms with Crippen LogP contribution in [0.2, 0.25) is 0 Å². The molecule has 4 nitrogen and oxygen atoms in total. The lowest BCUT2D eigenvalue weighted by molar-refractivity contribution is -0.121. The second-order valence-corrected chi connectivity index (χ2v) is 6.33. The van der Waals surface area contributed by atoms with Crippen LogP contribution in [0.1, 0.15) is 35.6 Å². The lowest BCUT2D eigenvalue weighted by atomic mass is 10.0. The van der Waals surface area contributed by atoms with E-state index in [4.69, 9.17) is 9.52 Å². The predicted molar refractivity (Wildman–Crippen MR) is 98.3 cm³/mol. The summed E-state index contributed by atoms with van der Waals surface area (Å²) in [5, 5.41) is 13.2. The van der Waals surface area contributed by atoms with E-state index >= 15 is 0 Å². The molecule has 4 heteroatoms. The van der Waals surface area contributed by atoms with E-state index in [1.807, 2.05) is 55.5 Å². The average Bonchev–Trinajstić information content (AvgIpc) is 3.01. The second-order valence-electron chi connectivity index (χ2n) is 6.33. The first kappa shape index (κ1) is 17.2. The van der Waals surface area contributed by atoms with Crippen LogP contribution in [0.3, 0.4) is 0 Å². The fourth-order valence-electron chi connectivity index (χ4n) is 3.05. The van der Waals surface area contributed by atoms with Crippen LogP contribution in [0.4, 0.5) is 0 Å². The van der Waals surface area contributed by atoms with Crippen LogP contribution in [-0.2, 0) is 11.2 Å². The number of aliphatic hydroxyl groups excluding tert-OH is 1. The zero-order valence-corrected chi connectivity index (χ0v) is 14.4. The van der Waals surface area contributed by atoms with Gasteiger partial charge in [-0.2, -0.15) is 0 Å². The summed E-state index contributed by atoms with van der Waals surface area (Å²) in [5.41, 5.74) is 3.88. The van der Waals surface area contributed by atoms with Crippen molar-refractivity contribution in [3.63, 3.8) is 0 Å². The van der Waals surface area contributed by atoms with E-state index in [0.717, 1.165) is 27.7 Å². The summed E-state index contributed by atoms with van der Waals surface area (Å²) < 4.78 is 5.57. The molecule has 0 aliphatic carbocycles. The number of hydrogen-bond acceptors (Lipinski definition) is 3. The van der Waals surface area contributed by atoms with Gasteiger partial charge in [0, 0.05) is 17.6 Å². The fourth-order valence-corrected chi connectivity index (χ4v) is 3.05. The molecule has 2 aromatic carbocycles. The van der Waals surface area contributed by atoms with Gasteiger partial charge in [-0.1, -0.05) is 42.5 Å². The standard InChI is InChI=1S/C21H23NO3/c1-15-9-10-18-17(14-25-20(18)12-15)13-21(24)22-19(8-5-11-23)16-6-3-2-4-7-16/h2-4,6-7,9-10,12,14,19,23H,5,8,11,13H2,1H3,(H,22,24). The normalized spacial score (nSPS) is 12.2. The van der Waals surface area contributed by atoms with Gasteiger partial charge < -0.3 is 14.8 Å². The van der Waals surface area contributed by atoms with Crippen molar-refractivity contribution in [2.75, 3.05) is 6.61 Å². The summed E-state index contributed by atoms with van der Waals surface area (Å²) in [6.07, 6.45) is 3.29. The molecule has 0 radical (unpaired) electrons. The van der Waals surface area contributed by atoms with Gasteiger partial charge in [0.1, 0.15) is 5.58 Å². The number of hydrogen-bond donors (Lipinski definition) is 2. The second kappa shape index (κ2) is 7.99. The summed E-state index contributed by atoms with van der Waals surface area (Å²) >= 11 is 0. The summed E-state index contributed by atoms with van der Waals surface area (Å²) in [7, 11) is 0. The Kier molecular flexibility index (Phi) is 5.51. The molecule has 1 atom stereocenters. The number of amides is 1. The first-order valence-electron chi connectivity index (χ1n) is 8.59. The van der Waals surface area contributed by atoms with Crippen molar-refractivity contribution in [3.8, 4) is 0 Å². The lowest BCUT2D eigenvalue weighted by Gasteiger charge is -2.19. The number of fused-ring (bicyclic) bond motifs is 1. The van der Waals surface area contributed by atoms with Crippen LogP contribution in [-0.4, -0.2) is 17.6 Å². The van der Waals surface area contributed by atoms with Crippen molar-refractivity contribution >= 4 is 16.9 Å². The Balaban J connectivity index is 1.72. The van der Waals surface area contributed by atoms with Crippen LogP contribution in [0.5, 0.6) is 0 Å². The van der Waals surface area contributed by atoms with Crippen molar-refractivity contribution in [2.45, 2.75) is 32.2 Å². The highest BCUT2D eigenvalue weighted by Gasteiger charge is 2.16. The van der Waals surface area contributed by atoms with E-state index in [-0.39, 0.29) is 25.0 Å². The predicted octanol–water partition coefficient (Wildman–Crippen LogP) is 3.91. The molecule has 1 unspecified atom stereocenters. The average molecular weight is 337 g/mol. The molecule has 0 fully saturated rings. The number of nitrogens with one attached hydrogen (secondary N) is 1. The van der Waals surface area contributed by atoms with Gasteiger partial charge in [-0.15, -0.1) is 0 Å². The first-order valence-corrected chi connectivity index (χ1v) is 8.59. The molecular formula is C21H23NO3. The quantitative estimate of drug-likeness (QED) is 0.687. The van der Waals surface area contributed by atoms with Gasteiger partial charge >= 0.3 is 0 Å². The highest BCUT2D eigenvalue weighted by atomic mass is 16.3. The van der Waals surface area contributed by atoms with Crippen molar-refractivity contribution < 1.29 is 14.3 Å². The third kappa shape index (κ3) is 4.28. The molecule has 0 spiro atoms. The molecule has 3 aromatic rings. The molecule has 1 amide bonds. The number of benzene rings is 2. The molecule has 130 valence electrons. The third-order valence-corrected chi connectivity index (χ3v) is 4.35. The van der Waals surface area contributed by atoms with Crippen molar-refractivity contribution in [1.29, 1.82) is 0 Å². The molecule has 3 rings (SSSR count). The van der Waals surface area contributed by atoms with E-state index in [2.05, 4.69) is 5.32 Å². The van der Waals surface area contributed by atoms with E-state index in [1.54, 1.807) is 6.26 Å². The Morgan fingerprint density at radius 2 is 2.00 bits per heavy atom. The maximum absolute atomic E-state index is 12.6. The first-order chi connectivity index (χ1) is 12.2. The van der Waals surface area contributed by atoms with Gasteiger partial charge in [-0.25, -0.2) is 0 Å². The molecule has 0 aliphatic rings. The Hall–Kier alpha value is -2.59. The summed E-state index contributed by atoms with van der Waals surface area (Å²) in [5.74, 6) is -0.0462.